The summed E-state index contributed by atoms with van der Waals surface area (Å²) in [5.74, 6) is 0.730. The molecule has 1 atom stereocenters. The number of hydrogen-bond acceptors (Lipinski definition) is 5. The summed E-state index contributed by atoms with van der Waals surface area (Å²) in [5.41, 5.74) is 4.81. The van der Waals surface area contributed by atoms with Crippen molar-refractivity contribution in [1.82, 2.24) is 9.55 Å². The Labute approximate surface area is 213 Å². The lowest BCUT2D eigenvalue weighted by molar-refractivity contribution is -0.113. The Morgan fingerprint density at radius 2 is 1.89 bits per heavy atom. The van der Waals surface area contributed by atoms with E-state index in [1.807, 2.05) is 62.4 Å². The average molecular weight is 504 g/mol. The van der Waals surface area contributed by atoms with Crippen molar-refractivity contribution in [3.05, 3.63) is 80.5 Å². The van der Waals surface area contributed by atoms with Crippen molar-refractivity contribution in [3.63, 3.8) is 0 Å². The highest BCUT2D eigenvalue weighted by Gasteiger charge is 2.26. The molecule has 0 aliphatic heterocycles. The molecule has 2 aromatic carbocycles. The van der Waals surface area contributed by atoms with Crippen LogP contribution in [0.3, 0.4) is 0 Å². The summed E-state index contributed by atoms with van der Waals surface area (Å²) in [7, 11) is 0. The van der Waals surface area contributed by atoms with E-state index < -0.39 is 0 Å². The van der Waals surface area contributed by atoms with Gasteiger partial charge in [-0.2, -0.15) is 0 Å². The van der Waals surface area contributed by atoms with E-state index in [0.29, 0.717) is 11.1 Å². The number of thioether (sulfide) groups is 1. The second-order valence-electron chi connectivity index (χ2n) is 9.18. The zero-order valence-corrected chi connectivity index (χ0v) is 21.9. The van der Waals surface area contributed by atoms with Gasteiger partial charge >= 0.3 is 0 Å². The van der Waals surface area contributed by atoms with Crippen molar-refractivity contribution < 1.29 is 4.79 Å². The Bertz CT molecular complexity index is 1440. The van der Waals surface area contributed by atoms with Crippen LogP contribution in [0.15, 0.2) is 58.5 Å². The first-order chi connectivity index (χ1) is 17.0. The fourth-order valence-corrected chi connectivity index (χ4v) is 7.03. The summed E-state index contributed by atoms with van der Waals surface area (Å²) in [4.78, 5) is 33.8. The highest BCUT2D eigenvalue weighted by molar-refractivity contribution is 7.99. The van der Waals surface area contributed by atoms with Crippen LogP contribution in [0.25, 0.3) is 15.9 Å². The van der Waals surface area contributed by atoms with Crippen LogP contribution < -0.4 is 10.9 Å². The van der Waals surface area contributed by atoms with Gasteiger partial charge in [-0.15, -0.1) is 11.3 Å². The van der Waals surface area contributed by atoms with Crippen molar-refractivity contribution in [2.45, 2.75) is 51.6 Å². The second-order valence-corrected chi connectivity index (χ2v) is 11.2. The van der Waals surface area contributed by atoms with Gasteiger partial charge in [0.1, 0.15) is 4.83 Å². The predicted molar refractivity (Wildman–Crippen MR) is 146 cm³/mol. The molecule has 5 nitrogen and oxygen atoms in total. The summed E-state index contributed by atoms with van der Waals surface area (Å²) in [5, 5.41) is 4.35. The summed E-state index contributed by atoms with van der Waals surface area (Å²) >= 11 is 2.96. The molecule has 0 fully saturated rings. The van der Waals surface area contributed by atoms with Gasteiger partial charge in [0.25, 0.3) is 5.56 Å². The van der Waals surface area contributed by atoms with Crippen molar-refractivity contribution in [3.8, 4) is 5.69 Å². The number of thiophene rings is 1. The summed E-state index contributed by atoms with van der Waals surface area (Å²) in [6.07, 6.45) is 4.24. The monoisotopic (exact) mass is 503 g/mol. The van der Waals surface area contributed by atoms with Crippen LogP contribution in [0.1, 0.15) is 41.3 Å². The first-order valence-electron chi connectivity index (χ1n) is 12.1. The molecule has 1 aliphatic carbocycles. The molecule has 180 valence electrons. The quantitative estimate of drug-likeness (QED) is 0.247. The van der Waals surface area contributed by atoms with Crippen LogP contribution in [-0.4, -0.2) is 21.2 Å². The van der Waals surface area contributed by atoms with Crippen molar-refractivity contribution in [2.75, 3.05) is 11.1 Å². The lowest BCUT2D eigenvalue weighted by atomic mass is 9.86. The molecule has 5 rings (SSSR count). The Hall–Kier alpha value is -2.90. The topological polar surface area (TPSA) is 64.0 Å². The maximum Gasteiger partial charge on any atom is 0.267 e. The van der Waals surface area contributed by atoms with Crippen LogP contribution in [0.2, 0.25) is 0 Å². The van der Waals surface area contributed by atoms with Crippen molar-refractivity contribution in [2.24, 2.45) is 5.92 Å². The van der Waals surface area contributed by atoms with Gasteiger partial charge in [-0.1, -0.05) is 61.5 Å². The fourth-order valence-electron chi connectivity index (χ4n) is 4.84. The smallest absolute Gasteiger partial charge is 0.267 e. The lowest BCUT2D eigenvalue weighted by Gasteiger charge is -2.20. The summed E-state index contributed by atoms with van der Waals surface area (Å²) in [6.45, 7) is 6.21. The Kier molecular flexibility index (Phi) is 6.80. The van der Waals surface area contributed by atoms with Gasteiger partial charge in [-0.25, -0.2) is 4.98 Å². The number of carbonyl (C=O) groups is 1. The Morgan fingerprint density at radius 1 is 1.14 bits per heavy atom. The number of rotatable bonds is 6. The zero-order valence-electron chi connectivity index (χ0n) is 20.3. The molecule has 4 aromatic rings. The number of anilines is 1. The largest absolute Gasteiger partial charge is 0.325 e. The molecule has 2 heterocycles. The Morgan fingerprint density at radius 3 is 2.60 bits per heavy atom. The number of hydrogen-bond donors (Lipinski definition) is 1. The van der Waals surface area contributed by atoms with Gasteiger partial charge in [0.2, 0.25) is 5.91 Å². The van der Waals surface area contributed by atoms with Crippen molar-refractivity contribution >= 4 is 44.9 Å². The first-order valence-corrected chi connectivity index (χ1v) is 13.9. The standard InChI is InChI=1S/C28H29N3O2S2/c1-4-19-13-14-21-22(15-19)35-26-24(21)27(33)31(20-11-6-5-7-12-20)28(30-26)34-16-23(32)29-25-17(2)9-8-10-18(25)3/h5-12,19H,4,13-16H2,1-3H3,(H,29,32). The van der Waals surface area contributed by atoms with E-state index in [9.17, 15) is 9.59 Å². The van der Waals surface area contributed by atoms with Gasteiger partial charge in [0.05, 0.1) is 16.8 Å². The minimum Gasteiger partial charge on any atom is -0.325 e. The van der Waals surface area contributed by atoms with E-state index in [0.717, 1.165) is 58.4 Å². The SMILES string of the molecule is CCC1CCc2c(sc3nc(SCC(=O)Nc4c(C)cccc4C)n(-c4ccccc4)c(=O)c23)C1. The maximum absolute atomic E-state index is 13.9. The van der Waals surface area contributed by atoms with E-state index in [-0.39, 0.29) is 17.2 Å². The van der Waals surface area contributed by atoms with Crippen molar-refractivity contribution in [1.29, 1.82) is 0 Å². The van der Waals surface area contributed by atoms with E-state index in [1.54, 1.807) is 15.9 Å². The highest BCUT2D eigenvalue weighted by Crippen LogP contribution is 2.38. The molecule has 0 radical (unpaired) electrons. The number of nitrogens with one attached hydrogen (secondary N) is 1. The lowest BCUT2D eigenvalue weighted by Crippen LogP contribution is -2.23. The van der Waals surface area contributed by atoms with E-state index in [1.165, 1.54) is 22.2 Å². The van der Waals surface area contributed by atoms with Crippen LogP contribution in [0.4, 0.5) is 5.69 Å². The fraction of sp³-hybridized carbons (Fsp3) is 0.321. The third-order valence-corrected chi connectivity index (χ3v) is 8.91. The van der Waals surface area contributed by atoms with Gasteiger partial charge < -0.3 is 5.32 Å². The second kappa shape index (κ2) is 9.99. The first kappa shape index (κ1) is 23.8. The molecular weight excluding hydrogens is 474 g/mol. The van der Waals surface area contributed by atoms with Gasteiger partial charge in [0, 0.05) is 10.6 Å². The molecule has 35 heavy (non-hydrogen) atoms. The molecule has 1 N–H and O–H groups in total. The van der Waals surface area contributed by atoms with Gasteiger partial charge in [-0.05, 0) is 67.9 Å². The minimum absolute atomic E-state index is 0.0358. The number of benzene rings is 2. The molecular formula is C28H29N3O2S2. The number of nitrogens with zero attached hydrogens (tertiary/aromatic N) is 2. The van der Waals surface area contributed by atoms with E-state index in [4.69, 9.17) is 4.98 Å². The zero-order chi connectivity index (χ0) is 24.5. The van der Waals surface area contributed by atoms with E-state index in [2.05, 4.69) is 12.2 Å². The van der Waals surface area contributed by atoms with Crippen LogP contribution >= 0.6 is 23.1 Å². The third kappa shape index (κ3) is 4.67. The Balaban J connectivity index is 1.52. The molecule has 2 aromatic heterocycles. The normalized spacial score (nSPS) is 15.2. The molecule has 7 heteroatoms. The number of aryl methyl sites for hydroxylation is 3. The molecule has 1 unspecified atom stereocenters. The maximum atomic E-state index is 13.9. The molecule has 0 saturated heterocycles. The molecule has 0 spiro atoms. The van der Waals surface area contributed by atoms with Gasteiger partial charge in [-0.3, -0.25) is 14.2 Å². The number of aromatic nitrogens is 2. The van der Waals surface area contributed by atoms with Crippen LogP contribution in [-0.2, 0) is 17.6 Å². The number of amides is 1. The van der Waals surface area contributed by atoms with Gasteiger partial charge in [0.15, 0.2) is 5.16 Å². The average Bonchev–Trinajstić information content (AvgIpc) is 3.23. The van der Waals surface area contributed by atoms with Crippen LogP contribution in [0, 0.1) is 19.8 Å². The minimum atomic E-state index is -0.113. The molecule has 0 saturated carbocycles. The summed E-state index contributed by atoms with van der Waals surface area (Å²) < 4.78 is 1.68. The molecule has 1 amide bonds. The summed E-state index contributed by atoms with van der Waals surface area (Å²) in [6, 6.07) is 15.6. The highest BCUT2D eigenvalue weighted by atomic mass is 32.2. The predicted octanol–water partition coefficient (Wildman–Crippen LogP) is 6.31. The molecule has 0 bridgehead atoms. The van der Waals surface area contributed by atoms with E-state index >= 15 is 0 Å². The number of carbonyl (C=O) groups excluding carboxylic acids is 1. The number of fused-ring (bicyclic) bond motifs is 3. The van der Waals surface area contributed by atoms with Crippen LogP contribution in [0.5, 0.6) is 0 Å². The number of para-hydroxylation sites is 2. The molecule has 1 aliphatic rings. The third-order valence-electron chi connectivity index (χ3n) is 6.82.